The Balaban J connectivity index is 2.87. The van der Waals surface area contributed by atoms with Crippen LogP contribution in [0.3, 0.4) is 0 Å². The zero-order valence-corrected chi connectivity index (χ0v) is 8.02. The number of amides is 1. The molecule has 1 N–H and O–H groups in total. The molecule has 2 rings (SSSR count). The van der Waals surface area contributed by atoms with E-state index in [-0.39, 0.29) is 16.1 Å². The van der Waals surface area contributed by atoms with Gasteiger partial charge in [0.2, 0.25) is 0 Å². The minimum atomic E-state index is -3.87. The number of carbonyl (C=O) groups excluding carboxylic acids is 1. The molecule has 15 heavy (non-hydrogen) atoms. The van der Waals surface area contributed by atoms with Crippen molar-refractivity contribution in [3.63, 3.8) is 0 Å². The van der Waals surface area contributed by atoms with Gasteiger partial charge in [0.15, 0.2) is 0 Å². The van der Waals surface area contributed by atoms with Crippen molar-refractivity contribution in [3.05, 3.63) is 34.2 Å². The van der Waals surface area contributed by atoms with Crippen LogP contribution in [-0.2, 0) is 10.0 Å². The third-order valence-electron chi connectivity index (χ3n) is 1.89. The summed E-state index contributed by atoms with van der Waals surface area (Å²) in [6, 6.07) is 4.13. The Morgan fingerprint density at radius 3 is 2.80 bits per heavy atom. The molecule has 0 radical (unpaired) electrons. The van der Waals surface area contributed by atoms with E-state index in [0.29, 0.717) is 0 Å². The lowest BCUT2D eigenvalue weighted by molar-refractivity contribution is 0.0985. The van der Waals surface area contributed by atoms with Crippen LogP contribution < -0.4 is 4.72 Å². The number of sulfonamides is 1. The van der Waals surface area contributed by atoms with Crippen LogP contribution in [0.25, 0.3) is 10.4 Å². The van der Waals surface area contributed by atoms with Crippen molar-refractivity contribution in [1.82, 2.24) is 4.72 Å². The summed E-state index contributed by atoms with van der Waals surface area (Å²) < 4.78 is 24.7. The maximum atomic E-state index is 11.4. The Labute approximate surface area is 84.4 Å². The van der Waals surface area contributed by atoms with Crippen LogP contribution in [-0.4, -0.2) is 14.3 Å². The molecule has 76 valence electrons. The van der Waals surface area contributed by atoms with Crippen molar-refractivity contribution >= 4 is 21.6 Å². The summed E-state index contributed by atoms with van der Waals surface area (Å²) in [6.45, 7) is 0. The monoisotopic (exact) mass is 224 g/mol. The van der Waals surface area contributed by atoms with Crippen LogP contribution in [0.1, 0.15) is 10.4 Å². The number of hydrogen-bond donors (Lipinski definition) is 1. The predicted octanol–water partition coefficient (Wildman–Crippen LogP) is 1.06. The number of azide groups is 1. The highest BCUT2D eigenvalue weighted by Gasteiger charge is 2.34. The average Bonchev–Trinajstić information content (AvgIpc) is 2.39. The second kappa shape index (κ2) is 2.97. The first-order valence-corrected chi connectivity index (χ1v) is 5.30. The summed E-state index contributed by atoms with van der Waals surface area (Å²) in [5.74, 6) is -0.708. The first-order chi connectivity index (χ1) is 7.06. The van der Waals surface area contributed by atoms with Gasteiger partial charge < -0.3 is 0 Å². The smallest absolute Gasteiger partial charge is 0.266 e. The highest BCUT2D eigenvalue weighted by Crippen LogP contribution is 2.31. The first kappa shape index (κ1) is 9.50. The van der Waals surface area contributed by atoms with Crippen LogP contribution >= 0.6 is 0 Å². The third-order valence-corrected chi connectivity index (χ3v) is 3.31. The fourth-order valence-corrected chi connectivity index (χ4v) is 2.63. The van der Waals surface area contributed by atoms with Crippen molar-refractivity contribution in [2.24, 2.45) is 5.11 Å². The fourth-order valence-electron chi connectivity index (χ4n) is 1.34. The highest BCUT2D eigenvalue weighted by atomic mass is 32.2. The van der Waals surface area contributed by atoms with Crippen LogP contribution in [0.15, 0.2) is 28.2 Å². The van der Waals surface area contributed by atoms with E-state index < -0.39 is 15.9 Å². The molecule has 0 aromatic heterocycles. The maximum absolute atomic E-state index is 11.4. The third kappa shape index (κ3) is 1.32. The SMILES string of the molecule is [N-]=[N+]=Nc1cccc2c1S(=O)(=O)NC2=O. The van der Waals surface area contributed by atoms with E-state index in [1.165, 1.54) is 18.2 Å². The van der Waals surface area contributed by atoms with Gasteiger partial charge in [-0.2, -0.15) is 0 Å². The molecule has 1 aromatic carbocycles. The normalized spacial score (nSPS) is 16.4. The lowest BCUT2D eigenvalue weighted by Crippen LogP contribution is -2.20. The van der Waals surface area contributed by atoms with E-state index in [4.69, 9.17) is 5.53 Å². The maximum Gasteiger partial charge on any atom is 0.266 e. The Kier molecular flexibility index (Phi) is 1.88. The Morgan fingerprint density at radius 1 is 1.40 bits per heavy atom. The van der Waals surface area contributed by atoms with Gasteiger partial charge in [0.05, 0.1) is 11.3 Å². The van der Waals surface area contributed by atoms with Gasteiger partial charge in [0.1, 0.15) is 4.90 Å². The second-order valence-corrected chi connectivity index (χ2v) is 4.40. The van der Waals surface area contributed by atoms with E-state index in [0.717, 1.165) is 0 Å². The summed E-state index contributed by atoms with van der Waals surface area (Å²) in [4.78, 5) is 13.5. The molecule has 1 aliphatic heterocycles. The standard InChI is InChI=1S/C7H4N4O3S/c8-11-9-5-3-1-2-4-6(5)15(13,14)10-7(4)12/h1-3H,(H,10,12). The number of rotatable bonds is 1. The summed E-state index contributed by atoms with van der Waals surface area (Å²) in [7, 11) is -3.87. The van der Waals surface area contributed by atoms with Crippen molar-refractivity contribution in [2.45, 2.75) is 4.90 Å². The summed E-state index contributed by atoms with van der Waals surface area (Å²) in [5.41, 5.74) is 8.17. The Hall–Kier alpha value is -2.05. The molecule has 0 saturated carbocycles. The Bertz CT molecular complexity index is 601. The summed E-state index contributed by atoms with van der Waals surface area (Å²) in [6.07, 6.45) is 0. The van der Waals surface area contributed by atoms with E-state index in [9.17, 15) is 13.2 Å². The largest absolute Gasteiger partial charge is 0.268 e. The van der Waals surface area contributed by atoms with Gasteiger partial charge >= 0.3 is 0 Å². The van der Waals surface area contributed by atoms with Gasteiger partial charge in [-0.3, -0.25) is 4.79 Å². The number of carbonyl (C=O) groups is 1. The minimum Gasteiger partial charge on any atom is -0.268 e. The molecule has 0 aliphatic carbocycles. The molecule has 0 saturated heterocycles. The van der Waals surface area contributed by atoms with Crippen LogP contribution in [0, 0.1) is 0 Å². The van der Waals surface area contributed by atoms with Crippen molar-refractivity contribution < 1.29 is 13.2 Å². The number of benzene rings is 1. The van der Waals surface area contributed by atoms with E-state index in [1.54, 1.807) is 0 Å². The van der Waals surface area contributed by atoms with E-state index in [2.05, 4.69) is 10.0 Å². The summed E-state index contributed by atoms with van der Waals surface area (Å²) in [5, 5.41) is 3.22. The molecule has 0 unspecified atom stereocenters. The lowest BCUT2D eigenvalue weighted by Gasteiger charge is -1.98. The van der Waals surface area contributed by atoms with Crippen molar-refractivity contribution in [1.29, 1.82) is 0 Å². The zero-order chi connectivity index (χ0) is 11.1. The molecule has 1 heterocycles. The van der Waals surface area contributed by atoms with Gasteiger partial charge in [-0.15, -0.1) is 0 Å². The summed E-state index contributed by atoms with van der Waals surface area (Å²) >= 11 is 0. The van der Waals surface area contributed by atoms with Gasteiger partial charge in [0, 0.05) is 4.91 Å². The first-order valence-electron chi connectivity index (χ1n) is 3.81. The topological polar surface area (TPSA) is 112 Å². The number of fused-ring (bicyclic) bond motifs is 1. The average molecular weight is 224 g/mol. The minimum absolute atomic E-state index is 0.0000926. The van der Waals surface area contributed by atoms with Crippen LogP contribution in [0.5, 0.6) is 0 Å². The molecule has 8 heteroatoms. The van der Waals surface area contributed by atoms with Gasteiger partial charge in [0.25, 0.3) is 15.9 Å². The van der Waals surface area contributed by atoms with Gasteiger partial charge in [-0.1, -0.05) is 17.2 Å². The molecule has 0 atom stereocenters. The van der Waals surface area contributed by atoms with Crippen molar-refractivity contribution in [2.75, 3.05) is 0 Å². The highest BCUT2D eigenvalue weighted by molar-refractivity contribution is 7.90. The number of nitrogens with zero attached hydrogens (tertiary/aromatic N) is 3. The molecule has 7 nitrogen and oxygen atoms in total. The molecule has 1 aromatic rings. The fraction of sp³-hybridized carbons (Fsp3) is 0. The van der Waals surface area contributed by atoms with Crippen LogP contribution in [0.2, 0.25) is 0 Å². The molecule has 0 bridgehead atoms. The molecular weight excluding hydrogens is 220 g/mol. The van der Waals surface area contributed by atoms with Gasteiger partial charge in [-0.25, -0.2) is 13.1 Å². The molecule has 0 fully saturated rings. The molecule has 1 aliphatic rings. The zero-order valence-electron chi connectivity index (χ0n) is 7.21. The van der Waals surface area contributed by atoms with Gasteiger partial charge in [-0.05, 0) is 11.6 Å². The van der Waals surface area contributed by atoms with E-state index >= 15 is 0 Å². The van der Waals surface area contributed by atoms with E-state index in [1.807, 2.05) is 4.72 Å². The quantitative estimate of drug-likeness (QED) is 0.437. The molecule has 1 amide bonds. The number of nitrogens with one attached hydrogen (secondary N) is 1. The van der Waals surface area contributed by atoms with Crippen LogP contribution in [0.4, 0.5) is 5.69 Å². The molecule has 0 spiro atoms. The molecular formula is C7H4N4O3S. The Morgan fingerprint density at radius 2 is 2.13 bits per heavy atom. The predicted molar refractivity (Wildman–Crippen MR) is 49.9 cm³/mol. The van der Waals surface area contributed by atoms with Crippen molar-refractivity contribution in [3.8, 4) is 0 Å². The lowest BCUT2D eigenvalue weighted by atomic mass is 10.2. The number of hydrogen-bond acceptors (Lipinski definition) is 4. The second-order valence-electron chi connectivity index (χ2n) is 2.78.